The SMILES string of the molecule is CCCCCC(CC(=O)Nc1cc(CCC(C)=O)ccc1C(C)(C)C)c1cccc(C(C)=O)c1. The predicted molar refractivity (Wildman–Crippen MR) is 141 cm³/mol. The Morgan fingerprint density at radius 1 is 0.971 bits per heavy atom. The van der Waals surface area contributed by atoms with Crippen LogP contribution in [0, 0.1) is 0 Å². The topological polar surface area (TPSA) is 63.2 Å². The number of aryl methyl sites for hydroxylation is 1. The van der Waals surface area contributed by atoms with E-state index in [-0.39, 0.29) is 28.8 Å². The molecule has 0 aliphatic carbocycles. The van der Waals surface area contributed by atoms with Crippen LogP contribution in [0.15, 0.2) is 42.5 Å². The molecular formula is C30H41NO3. The van der Waals surface area contributed by atoms with Crippen molar-refractivity contribution in [2.45, 2.75) is 97.8 Å². The smallest absolute Gasteiger partial charge is 0.224 e. The Labute approximate surface area is 205 Å². The maximum Gasteiger partial charge on any atom is 0.224 e. The van der Waals surface area contributed by atoms with Crippen molar-refractivity contribution in [1.29, 1.82) is 0 Å². The molecule has 0 saturated heterocycles. The Hall–Kier alpha value is -2.75. The summed E-state index contributed by atoms with van der Waals surface area (Å²) >= 11 is 0. The Morgan fingerprint density at radius 3 is 2.32 bits per heavy atom. The van der Waals surface area contributed by atoms with Crippen LogP contribution >= 0.6 is 0 Å². The van der Waals surface area contributed by atoms with Crippen molar-refractivity contribution in [3.8, 4) is 0 Å². The Balaban J connectivity index is 2.28. The molecule has 4 heteroatoms. The van der Waals surface area contributed by atoms with E-state index >= 15 is 0 Å². The summed E-state index contributed by atoms with van der Waals surface area (Å²) in [6, 6.07) is 13.8. The van der Waals surface area contributed by atoms with Crippen LogP contribution in [0.4, 0.5) is 5.69 Å². The molecule has 0 bridgehead atoms. The molecule has 0 heterocycles. The van der Waals surface area contributed by atoms with Gasteiger partial charge in [0, 0.05) is 24.1 Å². The van der Waals surface area contributed by atoms with E-state index in [2.05, 4.69) is 45.1 Å². The number of carbonyl (C=O) groups excluding carboxylic acids is 3. The van der Waals surface area contributed by atoms with Gasteiger partial charge in [-0.15, -0.1) is 0 Å². The van der Waals surface area contributed by atoms with Gasteiger partial charge in [0.05, 0.1) is 0 Å². The number of carbonyl (C=O) groups is 3. The number of hydrogen-bond acceptors (Lipinski definition) is 3. The average molecular weight is 464 g/mol. The molecule has 0 radical (unpaired) electrons. The van der Waals surface area contributed by atoms with Crippen molar-refractivity contribution < 1.29 is 14.4 Å². The van der Waals surface area contributed by atoms with Gasteiger partial charge in [-0.2, -0.15) is 0 Å². The molecule has 0 aliphatic heterocycles. The second-order valence-corrected chi connectivity index (χ2v) is 10.5. The third kappa shape index (κ3) is 8.55. The number of benzene rings is 2. The molecule has 1 amide bonds. The van der Waals surface area contributed by atoms with Crippen LogP contribution in [-0.4, -0.2) is 17.5 Å². The first-order chi connectivity index (χ1) is 16.0. The number of anilines is 1. The van der Waals surface area contributed by atoms with Gasteiger partial charge in [-0.3, -0.25) is 9.59 Å². The Bertz CT molecular complexity index is 1000. The van der Waals surface area contributed by atoms with E-state index in [1.807, 2.05) is 30.3 Å². The number of amides is 1. The molecule has 0 fully saturated rings. The summed E-state index contributed by atoms with van der Waals surface area (Å²) in [6.07, 6.45) is 5.73. The molecule has 184 valence electrons. The molecule has 0 saturated carbocycles. The van der Waals surface area contributed by atoms with E-state index in [1.165, 1.54) is 0 Å². The van der Waals surface area contributed by atoms with E-state index in [0.717, 1.165) is 48.1 Å². The van der Waals surface area contributed by atoms with Gasteiger partial charge >= 0.3 is 0 Å². The maximum atomic E-state index is 13.3. The minimum absolute atomic E-state index is 0.0241. The van der Waals surface area contributed by atoms with Gasteiger partial charge in [-0.05, 0) is 66.8 Å². The summed E-state index contributed by atoms with van der Waals surface area (Å²) in [4.78, 5) is 36.6. The fourth-order valence-corrected chi connectivity index (χ4v) is 4.29. The maximum absolute atomic E-state index is 13.3. The van der Waals surface area contributed by atoms with E-state index < -0.39 is 0 Å². The molecule has 2 aromatic carbocycles. The Morgan fingerprint density at radius 2 is 1.71 bits per heavy atom. The van der Waals surface area contributed by atoms with Gasteiger partial charge in [0.1, 0.15) is 5.78 Å². The van der Waals surface area contributed by atoms with Crippen molar-refractivity contribution >= 4 is 23.2 Å². The summed E-state index contributed by atoms with van der Waals surface area (Å²) in [5.41, 5.74) is 4.55. The van der Waals surface area contributed by atoms with Crippen molar-refractivity contribution in [3.05, 3.63) is 64.7 Å². The van der Waals surface area contributed by atoms with Crippen molar-refractivity contribution in [3.63, 3.8) is 0 Å². The van der Waals surface area contributed by atoms with Crippen LogP contribution in [0.2, 0.25) is 0 Å². The van der Waals surface area contributed by atoms with Gasteiger partial charge in [-0.1, -0.05) is 77.3 Å². The lowest BCUT2D eigenvalue weighted by Crippen LogP contribution is -2.21. The molecule has 1 unspecified atom stereocenters. The van der Waals surface area contributed by atoms with Gasteiger partial charge in [0.25, 0.3) is 0 Å². The molecule has 1 atom stereocenters. The molecule has 0 aliphatic rings. The Kier molecular flexibility index (Phi) is 10.2. The summed E-state index contributed by atoms with van der Waals surface area (Å²) in [5.74, 6) is 0.234. The van der Waals surface area contributed by atoms with Gasteiger partial charge in [0.2, 0.25) is 5.91 Å². The normalized spacial score (nSPS) is 12.3. The van der Waals surface area contributed by atoms with Crippen LogP contribution < -0.4 is 5.32 Å². The predicted octanol–water partition coefficient (Wildman–Crippen LogP) is 7.40. The first-order valence-corrected chi connectivity index (χ1v) is 12.5. The highest BCUT2D eigenvalue weighted by Crippen LogP contribution is 2.32. The summed E-state index contributed by atoms with van der Waals surface area (Å²) in [5, 5.41) is 3.18. The first-order valence-electron chi connectivity index (χ1n) is 12.5. The molecule has 4 nitrogen and oxygen atoms in total. The lowest BCUT2D eigenvalue weighted by atomic mass is 9.84. The monoisotopic (exact) mass is 463 g/mol. The third-order valence-electron chi connectivity index (χ3n) is 6.28. The highest BCUT2D eigenvalue weighted by atomic mass is 16.1. The van der Waals surface area contributed by atoms with Crippen LogP contribution in [0.5, 0.6) is 0 Å². The standard InChI is InChI=1S/C30H41NO3/c1-7-8-9-11-26(25-13-10-12-24(19-25)22(3)33)20-29(34)31-28-18-23(15-14-21(2)32)16-17-27(28)30(4,5)6/h10,12-13,16-19,26H,7-9,11,14-15,20H2,1-6H3,(H,31,34). The lowest BCUT2D eigenvalue weighted by Gasteiger charge is -2.25. The molecule has 2 rings (SSSR count). The number of Topliss-reactive ketones (excluding diaryl/α,β-unsaturated/α-hetero) is 2. The van der Waals surface area contributed by atoms with Gasteiger partial charge < -0.3 is 10.1 Å². The van der Waals surface area contributed by atoms with E-state index in [0.29, 0.717) is 24.8 Å². The summed E-state index contributed by atoms with van der Waals surface area (Å²) in [7, 11) is 0. The van der Waals surface area contributed by atoms with Crippen LogP contribution in [0.25, 0.3) is 0 Å². The first kappa shape index (κ1) is 27.5. The van der Waals surface area contributed by atoms with Crippen molar-refractivity contribution in [1.82, 2.24) is 0 Å². The highest BCUT2D eigenvalue weighted by molar-refractivity contribution is 5.94. The van der Waals surface area contributed by atoms with Gasteiger partial charge in [-0.25, -0.2) is 0 Å². The van der Waals surface area contributed by atoms with Crippen LogP contribution in [-0.2, 0) is 21.4 Å². The minimum Gasteiger partial charge on any atom is -0.326 e. The largest absolute Gasteiger partial charge is 0.326 e. The number of rotatable bonds is 12. The molecule has 0 spiro atoms. The number of nitrogens with one attached hydrogen (secondary N) is 1. The fourth-order valence-electron chi connectivity index (χ4n) is 4.29. The van der Waals surface area contributed by atoms with Crippen molar-refractivity contribution in [2.24, 2.45) is 0 Å². The molecule has 2 aromatic rings. The van der Waals surface area contributed by atoms with Gasteiger partial charge in [0.15, 0.2) is 5.78 Å². The van der Waals surface area contributed by atoms with E-state index in [1.54, 1.807) is 13.8 Å². The quantitative estimate of drug-likeness (QED) is 0.263. The number of ketones is 2. The number of hydrogen-bond donors (Lipinski definition) is 1. The summed E-state index contributed by atoms with van der Waals surface area (Å²) in [6.45, 7) is 11.7. The lowest BCUT2D eigenvalue weighted by molar-refractivity contribution is -0.117. The molecular weight excluding hydrogens is 422 g/mol. The summed E-state index contributed by atoms with van der Waals surface area (Å²) < 4.78 is 0. The highest BCUT2D eigenvalue weighted by Gasteiger charge is 2.22. The van der Waals surface area contributed by atoms with E-state index in [9.17, 15) is 14.4 Å². The molecule has 0 aromatic heterocycles. The number of unbranched alkanes of at least 4 members (excludes halogenated alkanes) is 2. The third-order valence-corrected chi connectivity index (χ3v) is 6.28. The van der Waals surface area contributed by atoms with Crippen LogP contribution in [0.3, 0.4) is 0 Å². The van der Waals surface area contributed by atoms with Crippen LogP contribution in [0.1, 0.15) is 113 Å². The zero-order valence-electron chi connectivity index (χ0n) is 21.8. The van der Waals surface area contributed by atoms with Crippen molar-refractivity contribution in [2.75, 3.05) is 5.32 Å². The minimum atomic E-state index is -0.127. The second kappa shape index (κ2) is 12.6. The second-order valence-electron chi connectivity index (χ2n) is 10.5. The fraction of sp³-hybridized carbons (Fsp3) is 0.500. The van der Waals surface area contributed by atoms with E-state index in [4.69, 9.17) is 0 Å². The molecule has 34 heavy (non-hydrogen) atoms. The zero-order chi connectivity index (χ0) is 25.3. The average Bonchev–Trinajstić information content (AvgIpc) is 2.76. The molecule has 1 N–H and O–H groups in total. The zero-order valence-corrected chi connectivity index (χ0v) is 21.8.